The van der Waals surface area contributed by atoms with E-state index >= 15 is 0 Å². The Hall–Kier alpha value is -2.56. The molecule has 1 atom stereocenters. The molecule has 0 aliphatic carbocycles. The van der Waals surface area contributed by atoms with Crippen LogP contribution < -0.4 is 11.1 Å². The second-order valence-corrected chi connectivity index (χ2v) is 5.08. The monoisotopic (exact) mass is 285 g/mol. The standard InChI is InChI=1S/C16H19N3O2/c1-11(9-15(17)19-21)18-16(20)10-13-7-4-6-12-5-2-3-8-14(12)13/h2-8,11,21H,9-10H2,1H3,(H2,17,19)(H,18,20). The fraction of sp³-hybridized carbons (Fsp3) is 0.250. The quantitative estimate of drug-likeness (QED) is 0.340. The summed E-state index contributed by atoms with van der Waals surface area (Å²) < 4.78 is 0. The minimum atomic E-state index is -0.177. The highest BCUT2D eigenvalue weighted by Gasteiger charge is 2.11. The lowest BCUT2D eigenvalue weighted by Crippen LogP contribution is -2.36. The lowest BCUT2D eigenvalue weighted by atomic mass is 10.0. The van der Waals surface area contributed by atoms with E-state index in [2.05, 4.69) is 10.5 Å². The van der Waals surface area contributed by atoms with Gasteiger partial charge in [-0.3, -0.25) is 4.79 Å². The van der Waals surface area contributed by atoms with Crippen molar-refractivity contribution in [3.8, 4) is 0 Å². The zero-order chi connectivity index (χ0) is 15.2. The minimum absolute atomic E-state index is 0.0791. The van der Waals surface area contributed by atoms with Crippen LogP contribution in [0.15, 0.2) is 47.6 Å². The highest BCUT2D eigenvalue weighted by atomic mass is 16.4. The number of amidine groups is 1. The highest BCUT2D eigenvalue weighted by Crippen LogP contribution is 2.18. The maximum Gasteiger partial charge on any atom is 0.224 e. The second-order valence-electron chi connectivity index (χ2n) is 5.08. The molecule has 21 heavy (non-hydrogen) atoms. The average molecular weight is 285 g/mol. The van der Waals surface area contributed by atoms with E-state index in [1.807, 2.05) is 49.4 Å². The summed E-state index contributed by atoms with van der Waals surface area (Å²) in [5, 5.41) is 16.5. The minimum Gasteiger partial charge on any atom is -0.409 e. The smallest absolute Gasteiger partial charge is 0.224 e. The number of fused-ring (bicyclic) bond motifs is 1. The Kier molecular flexibility index (Phi) is 4.77. The summed E-state index contributed by atoms with van der Waals surface area (Å²) in [6.07, 6.45) is 0.625. The zero-order valence-corrected chi connectivity index (χ0v) is 11.9. The van der Waals surface area contributed by atoms with Crippen molar-refractivity contribution >= 4 is 22.5 Å². The van der Waals surface area contributed by atoms with E-state index in [0.717, 1.165) is 16.3 Å². The lowest BCUT2D eigenvalue weighted by molar-refractivity contribution is -0.120. The molecule has 0 saturated carbocycles. The van der Waals surface area contributed by atoms with Crippen LogP contribution in [0.2, 0.25) is 0 Å². The van der Waals surface area contributed by atoms with Crippen LogP contribution in [-0.4, -0.2) is 23.0 Å². The third-order valence-corrected chi connectivity index (χ3v) is 3.28. The first kappa shape index (κ1) is 14.8. The van der Waals surface area contributed by atoms with Crippen LogP contribution in [0.1, 0.15) is 18.9 Å². The highest BCUT2D eigenvalue weighted by molar-refractivity contribution is 5.90. The number of oxime groups is 1. The Balaban J connectivity index is 2.05. The van der Waals surface area contributed by atoms with Gasteiger partial charge >= 0.3 is 0 Å². The van der Waals surface area contributed by atoms with Gasteiger partial charge in [0.1, 0.15) is 5.84 Å². The number of benzene rings is 2. The number of hydrogen-bond donors (Lipinski definition) is 3. The van der Waals surface area contributed by atoms with E-state index in [1.165, 1.54) is 0 Å². The summed E-state index contributed by atoms with van der Waals surface area (Å²) >= 11 is 0. The number of carbonyl (C=O) groups excluding carboxylic acids is 1. The van der Waals surface area contributed by atoms with Gasteiger partial charge in [-0.15, -0.1) is 0 Å². The number of nitrogens with one attached hydrogen (secondary N) is 1. The van der Waals surface area contributed by atoms with Crippen LogP contribution in [0, 0.1) is 0 Å². The molecule has 0 bridgehead atoms. The van der Waals surface area contributed by atoms with Crippen LogP contribution >= 0.6 is 0 Å². The molecule has 4 N–H and O–H groups in total. The van der Waals surface area contributed by atoms with Gasteiger partial charge in [0.2, 0.25) is 5.91 Å². The van der Waals surface area contributed by atoms with Gasteiger partial charge in [0.15, 0.2) is 0 Å². The molecule has 0 spiro atoms. The predicted octanol–water partition coefficient (Wildman–Crippen LogP) is 2.02. The van der Waals surface area contributed by atoms with Crippen LogP contribution in [-0.2, 0) is 11.2 Å². The van der Waals surface area contributed by atoms with Gasteiger partial charge in [0.25, 0.3) is 0 Å². The average Bonchev–Trinajstić information content (AvgIpc) is 2.47. The van der Waals surface area contributed by atoms with Crippen molar-refractivity contribution < 1.29 is 10.0 Å². The molecule has 0 fully saturated rings. The molecule has 5 nitrogen and oxygen atoms in total. The fourth-order valence-corrected chi connectivity index (χ4v) is 2.35. The van der Waals surface area contributed by atoms with Gasteiger partial charge in [-0.25, -0.2) is 0 Å². The molecule has 0 radical (unpaired) electrons. The number of nitrogens with zero attached hydrogens (tertiary/aromatic N) is 1. The number of carbonyl (C=O) groups is 1. The Morgan fingerprint density at radius 2 is 2.00 bits per heavy atom. The molecule has 0 saturated heterocycles. The maximum atomic E-state index is 12.1. The van der Waals surface area contributed by atoms with Gasteiger partial charge in [0.05, 0.1) is 6.42 Å². The predicted molar refractivity (Wildman–Crippen MR) is 83.3 cm³/mol. The van der Waals surface area contributed by atoms with Crippen molar-refractivity contribution in [2.75, 3.05) is 0 Å². The topological polar surface area (TPSA) is 87.7 Å². The molecule has 2 rings (SSSR count). The summed E-state index contributed by atoms with van der Waals surface area (Å²) in [5.41, 5.74) is 6.41. The van der Waals surface area contributed by atoms with Crippen molar-refractivity contribution in [2.45, 2.75) is 25.8 Å². The summed E-state index contributed by atoms with van der Waals surface area (Å²) in [4.78, 5) is 12.1. The number of hydrogen-bond acceptors (Lipinski definition) is 3. The van der Waals surface area contributed by atoms with E-state index in [4.69, 9.17) is 10.9 Å². The summed E-state index contributed by atoms with van der Waals surface area (Å²) in [6.45, 7) is 1.82. The Morgan fingerprint density at radius 3 is 2.76 bits per heavy atom. The van der Waals surface area contributed by atoms with Crippen molar-refractivity contribution in [1.29, 1.82) is 0 Å². The summed E-state index contributed by atoms with van der Waals surface area (Å²) in [7, 11) is 0. The first-order valence-corrected chi connectivity index (χ1v) is 6.82. The molecule has 0 aliphatic heterocycles. The molecule has 1 amide bonds. The molecular weight excluding hydrogens is 266 g/mol. The van der Waals surface area contributed by atoms with E-state index in [1.54, 1.807) is 0 Å². The molecule has 5 heteroatoms. The number of nitrogens with two attached hydrogens (primary N) is 1. The third-order valence-electron chi connectivity index (χ3n) is 3.28. The summed E-state index contributed by atoms with van der Waals surface area (Å²) in [6, 6.07) is 13.7. The molecule has 0 aliphatic rings. The fourth-order valence-electron chi connectivity index (χ4n) is 2.35. The Labute approximate surface area is 123 Å². The molecule has 0 heterocycles. The third kappa shape index (κ3) is 3.95. The first-order chi connectivity index (χ1) is 10.1. The SMILES string of the molecule is CC(CC(N)=NO)NC(=O)Cc1cccc2ccccc12. The van der Waals surface area contributed by atoms with Crippen LogP contribution in [0.4, 0.5) is 0 Å². The Morgan fingerprint density at radius 1 is 1.29 bits per heavy atom. The van der Waals surface area contributed by atoms with Gasteiger partial charge in [-0.2, -0.15) is 0 Å². The normalized spacial score (nSPS) is 13.1. The zero-order valence-electron chi connectivity index (χ0n) is 11.9. The van der Waals surface area contributed by atoms with Crippen molar-refractivity contribution in [1.82, 2.24) is 5.32 Å². The van der Waals surface area contributed by atoms with Gasteiger partial charge in [0, 0.05) is 12.5 Å². The van der Waals surface area contributed by atoms with Crippen LogP contribution in [0.25, 0.3) is 10.8 Å². The van der Waals surface area contributed by atoms with Crippen molar-refractivity contribution in [2.24, 2.45) is 10.9 Å². The molecule has 2 aromatic rings. The molecule has 1 unspecified atom stereocenters. The first-order valence-electron chi connectivity index (χ1n) is 6.82. The van der Waals surface area contributed by atoms with Crippen molar-refractivity contribution in [3.63, 3.8) is 0 Å². The van der Waals surface area contributed by atoms with Gasteiger partial charge in [-0.05, 0) is 23.3 Å². The maximum absolute atomic E-state index is 12.1. The molecule has 2 aromatic carbocycles. The number of amides is 1. The van der Waals surface area contributed by atoms with Gasteiger partial charge in [-0.1, -0.05) is 47.6 Å². The van der Waals surface area contributed by atoms with E-state index in [0.29, 0.717) is 12.8 Å². The molecule has 0 aromatic heterocycles. The van der Waals surface area contributed by atoms with Gasteiger partial charge < -0.3 is 16.3 Å². The summed E-state index contributed by atoms with van der Waals surface area (Å²) in [5.74, 6) is 0.0255. The van der Waals surface area contributed by atoms with E-state index in [-0.39, 0.29) is 17.8 Å². The van der Waals surface area contributed by atoms with Crippen LogP contribution in [0.5, 0.6) is 0 Å². The second kappa shape index (κ2) is 6.74. The van der Waals surface area contributed by atoms with E-state index in [9.17, 15) is 4.79 Å². The number of rotatable bonds is 5. The van der Waals surface area contributed by atoms with E-state index < -0.39 is 0 Å². The van der Waals surface area contributed by atoms with Crippen molar-refractivity contribution in [3.05, 3.63) is 48.0 Å². The lowest BCUT2D eigenvalue weighted by Gasteiger charge is -2.13. The molecular formula is C16H19N3O2. The largest absolute Gasteiger partial charge is 0.409 e. The Bertz CT molecular complexity index is 662. The molecule has 110 valence electrons. The van der Waals surface area contributed by atoms with Crippen LogP contribution in [0.3, 0.4) is 0 Å².